The van der Waals surface area contributed by atoms with Crippen molar-refractivity contribution in [1.29, 1.82) is 0 Å². The van der Waals surface area contributed by atoms with Gasteiger partial charge >= 0.3 is 0 Å². The maximum Gasteiger partial charge on any atom is 0.254 e. The Labute approximate surface area is 180 Å². The number of nitrogens with one attached hydrogen (secondary N) is 1. The van der Waals surface area contributed by atoms with Crippen LogP contribution in [0.4, 0.5) is 0 Å². The van der Waals surface area contributed by atoms with E-state index in [0.717, 1.165) is 36.7 Å². The Kier molecular flexibility index (Phi) is 6.32. The quantitative estimate of drug-likeness (QED) is 0.609. The van der Waals surface area contributed by atoms with E-state index < -0.39 is 0 Å². The zero-order valence-corrected chi connectivity index (χ0v) is 18.7. The van der Waals surface area contributed by atoms with Crippen LogP contribution in [0.25, 0.3) is 0 Å². The second-order valence-electron chi connectivity index (χ2n) is 9.36. The van der Waals surface area contributed by atoms with Crippen molar-refractivity contribution in [3.63, 3.8) is 0 Å². The highest BCUT2D eigenvalue weighted by atomic mass is 16.5. The Morgan fingerprint density at radius 3 is 2.40 bits per heavy atom. The zero-order chi connectivity index (χ0) is 21.1. The van der Waals surface area contributed by atoms with Gasteiger partial charge in [0.1, 0.15) is 0 Å². The number of guanidine groups is 1. The van der Waals surface area contributed by atoms with Gasteiger partial charge in [0, 0.05) is 38.3 Å². The molecule has 0 aromatic heterocycles. The standard InChI is InChI=1S/C24H36N4O2/c1-4-25-23(27-13-12-24(17-27)10-5-11-24)26-14-20-6-8-21(9-7-20)22(29)28-15-18(2)30-19(3)16-28/h6-9,18-19H,4-5,10-17H2,1-3H3,(H,25,26). The fourth-order valence-electron chi connectivity index (χ4n) is 5.07. The maximum absolute atomic E-state index is 12.8. The molecule has 1 amide bonds. The van der Waals surface area contributed by atoms with Crippen molar-refractivity contribution in [3.8, 4) is 0 Å². The van der Waals surface area contributed by atoms with Crippen molar-refractivity contribution in [2.75, 3.05) is 32.7 Å². The number of morpholine rings is 1. The van der Waals surface area contributed by atoms with Crippen LogP contribution in [0.5, 0.6) is 0 Å². The van der Waals surface area contributed by atoms with Crippen LogP contribution in [-0.4, -0.2) is 66.6 Å². The Balaban J connectivity index is 1.37. The summed E-state index contributed by atoms with van der Waals surface area (Å²) >= 11 is 0. The lowest BCUT2D eigenvalue weighted by Gasteiger charge is -2.38. The summed E-state index contributed by atoms with van der Waals surface area (Å²) in [6.45, 7) is 11.2. The molecular formula is C24H36N4O2. The van der Waals surface area contributed by atoms with E-state index in [1.807, 2.05) is 43.0 Å². The van der Waals surface area contributed by atoms with Gasteiger partial charge in [-0.25, -0.2) is 4.99 Å². The highest BCUT2D eigenvalue weighted by Crippen LogP contribution is 2.47. The minimum absolute atomic E-state index is 0.0838. The molecule has 0 bridgehead atoms. The molecule has 6 heteroatoms. The average Bonchev–Trinajstić information content (AvgIpc) is 3.16. The number of hydrogen-bond acceptors (Lipinski definition) is 3. The Morgan fingerprint density at radius 2 is 1.83 bits per heavy atom. The molecule has 30 heavy (non-hydrogen) atoms. The molecule has 2 atom stereocenters. The smallest absolute Gasteiger partial charge is 0.254 e. The summed E-state index contributed by atoms with van der Waals surface area (Å²) in [5.74, 6) is 1.11. The van der Waals surface area contributed by atoms with Gasteiger partial charge in [-0.1, -0.05) is 18.6 Å². The molecule has 1 aliphatic carbocycles. The molecule has 1 spiro atoms. The van der Waals surface area contributed by atoms with Gasteiger partial charge in [-0.15, -0.1) is 0 Å². The van der Waals surface area contributed by atoms with Crippen LogP contribution < -0.4 is 5.32 Å². The van der Waals surface area contributed by atoms with Gasteiger partial charge in [0.25, 0.3) is 5.91 Å². The van der Waals surface area contributed by atoms with Crippen molar-refractivity contribution in [3.05, 3.63) is 35.4 Å². The summed E-state index contributed by atoms with van der Waals surface area (Å²) in [5.41, 5.74) is 2.43. The summed E-state index contributed by atoms with van der Waals surface area (Å²) in [4.78, 5) is 22.1. The number of carbonyl (C=O) groups excluding carboxylic acids is 1. The molecule has 2 unspecified atom stereocenters. The molecule has 1 aromatic rings. The van der Waals surface area contributed by atoms with E-state index in [-0.39, 0.29) is 18.1 Å². The van der Waals surface area contributed by atoms with Crippen molar-refractivity contribution in [1.82, 2.24) is 15.1 Å². The summed E-state index contributed by atoms with van der Waals surface area (Å²) in [7, 11) is 0. The lowest BCUT2D eigenvalue weighted by molar-refractivity contribution is -0.0586. The molecule has 2 aliphatic heterocycles. The van der Waals surface area contributed by atoms with Crippen LogP contribution in [0.15, 0.2) is 29.3 Å². The highest BCUT2D eigenvalue weighted by Gasteiger charge is 2.43. The van der Waals surface area contributed by atoms with Gasteiger partial charge < -0.3 is 19.9 Å². The van der Waals surface area contributed by atoms with E-state index in [1.165, 1.54) is 25.7 Å². The van der Waals surface area contributed by atoms with E-state index in [0.29, 0.717) is 25.0 Å². The number of carbonyl (C=O) groups is 1. The Morgan fingerprint density at radius 1 is 1.13 bits per heavy atom. The van der Waals surface area contributed by atoms with Crippen LogP contribution in [0.1, 0.15) is 62.4 Å². The SMILES string of the molecule is CCNC(=NCc1ccc(C(=O)N2CC(C)OC(C)C2)cc1)N1CCC2(CCC2)C1. The normalized spacial score (nSPS) is 26.0. The summed E-state index contributed by atoms with van der Waals surface area (Å²) in [6.07, 6.45) is 5.60. The third-order valence-corrected chi connectivity index (χ3v) is 6.81. The minimum atomic E-state index is 0.0838. The first-order chi connectivity index (χ1) is 14.5. The maximum atomic E-state index is 12.8. The fraction of sp³-hybridized carbons (Fsp3) is 0.667. The largest absolute Gasteiger partial charge is 0.372 e. The number of aliphatic imine (C=N–C) groups is 1. The van der Waals surface area contributed by atoms with Crippen LogP contribution in [0, 0.1) is 5.41 Å². The first kappa shape index (κ1) is 21.2. The van der Waals surface area contributed by atoms with Crippen molar-refractivity contribution >= 4 is 11.9 Å². The third kappa shape index (κ3) is 4.64. The van der Waals surface area contributed by atoms with Crippen LogP contribution >= 0.6 is 0 Å². The number of rotatable bonds is 4. The summed E-state index contributed by atoms with van der Waals surface area (Å²) in [6, 6.07) is 7.93. The molecule has 164 valence electrons. The average molecular weight is 413 g/mol. The van der Waals surface area contributed by atoms with Crippen molar-refractivity contribution < 1.29 is 9.53 Å². The highest BCUT2D eigenvalue weighted by molar-refractivity contribution is 5.94. The molecule has 2 saturated heterocycles. The molecule has 1 aromatic carbocycles. The monoisotopic (exact) mass is 412 g/mol. The summed E-state index contributed by atoms with van der Waals surface area (Å²) in [5, 5.41) is 3.46. The molecule has 2 heterocycles. The molecule has 1 N–H and O–H groups in total. The van der Waals surface area contributed by atoms with E-state index in [2.05, 4.69) is 17.1 Å². The zero-order valence-electron chi connectivity index (χ0n) is 18.7. The first-order valence-electron chi connectivity index (χ1n) is 11.5. The van der Waals surface area contributed by atoms with E-state index in [4.69, 9.17) is 9.73 Å². The van der Waals surface area contributed by atoms with Gasteiger partial charge in [-0.05, 0) is 63.1 Å². The van der Waals surface area contributed by atoms with Crippen molar-refractivity contribution in [2.45, 2.75) is 65.2 Å². The number of nitrogens with zero attached hydrogens (tertiary/aromatic N) is 3. The van der Waals surface area contributed by atoms with Crippen LogP contribution in [0.2, 0.25) is 0 Å². The molecule has 6 nitrogen and oxygen atoms in total. The molecule has 1 saturated carbocycles. The first-order valence-corrected chi connectivity index (χ1v) is 11.5. The van der Waals surface area contributed by atoms with Crippen LogP contribution in [0.3, 0.4) is 0 Å². The molecule has 4 rings (SSSR count). The molecule has 3 aliphatic rings. The predicted molar refractivity (Wildman–Crippen MR) is 120 cm³/mol. The van der Waals surface area contributed by atoms with Crippen LogP contribution in [-0.2, 0) is 11.3 Å². The van der Waals surface area contributed by atoms with Gasteiger partial charge in [0.2, 0.25) is 0 Å². The lowest BCUT2D eigenvalue weighted by atomic mass is 9.68. The van der Waals surface area contributed by atoms with Gasteiger partial charge in [-0.3, -0.25) is 4.79 Å². The number of hydrogen-bond donors (Lipinski definition) is 1. The van der Waals surface area contributed by atoms with E-state index >= 15 is 0 Å². The topological polar surface area (TPSA) is 57.2 Å². The van der Waals surface area contributed by atoms with Crippen molar-refractivity contribution in [2.24, 2.45) is 10.4 Å². The van der Waals surface area contributed by atoms with Gasteiger partial charge in [-0.2, -0.15) is 0 Å². The predicted octanol–water partition coefficient (Wildman–Crippen LogP) is 3.28. The van der Waals surface area contributed by atoms with E-state index in [1.54, 1.807) is 0 Å². The fourth-order valence-corrected chi connectivity index (χ4v) is 5.07. The lowest BCUT2D eigenvalue weighted by Crippen LogP contribution is -2.48. The molecular weight excluding hydrogens is 376 g/mol. The Hall–Kier alpha value is -2.08. The van der Waals surface area contributed by atoms with E-state index in [9.17, 15) is 4.79 Å². The third-order valence-electron chi connectivity index (χ3n) is 6.81. The molecule has 0 radical (unpaired) electrons. The second kappa shape index (κ2) is 8.96. The minimum Gasteiger partial charge on any atom is -0.372 e. The van der Waals surface area contributed by atoms with Gasteiger partial charge in [0.15, 0.2) is 5.96 Å². The van der Waals surface area contributed by atoms with Gasteiger partial charge in [0.05, 0.1) is 18.8 Å². The molecule has 3 fully saturated rings. The second-order valence-corrected chi connectivity index (χ2v) is 9.36. The number of ether oxygens (including phenoxy) is 1. The number of likely N-dealkylation sites (tertiary alicyclic amines) is 1. The number of benzene rings is 1. The summed E-state index contributed by atoms with van der Waals surface area (Å²) < 4.78 is 5.74. The Bertz CT molecular complexity index is 762. The number of amides is 1.